The van der Waals surface area contributed by atoms with E-state index in [2.05, 4.69) is 29.6 Å². The molecule has 6 nitrogen and oxygen atoms in total. The quantitative estimate of drug-likeness (QED) is 0.793. The Balaban J connectivity index is 1.39. The number of carbonyl (C=O) groups excluding carboxylic acids is 2. The van der Waals surface area contributed by atoms with Crippen molar-refractivity contribution in [1.29, 1.82) is 0 Å². The summed E-state index contributed by atoms with van der Waals surface area (Å²) >= 11 is 0. The minimum absolute atomic E-state index is 0.0354. The maximum atomic E-state index is 12.5. The Kier molecular flexibility index (Phi) is 7.17. The lowest BCUT2D eigenvalue weighted by molar-refractivity contribution is -0.901. The molecule has 2 aliphatic rings. The fourth-order valence-electron chi connectivity index (χ4n) is 4.10. The first-order valence-electron chi connectivity index (χ1n) is 11.0. The van der Waals surface area contributed by atoms with Gasteiger partial charge < -0.3 is 19.9 Å². The van der Waals surface area contributed by atoms with Crippen molar-refractivity contribution in [3.8, 4) is 0 Å². The molecule has 0 bridgehead atoms. The van der Waals surface area contributed by atoms with E-state index in [-0.39, 0.29) is 17.9 Å². The van der Waals surface area contributed by atoms with Gasteiger partial charge in [-0.3, -0.25) is 4.79 Å². The van der Waals surface area contributed by atoms with Crippen LogP contribution in [0.3, 0.4) is 0 Å². The van der Waals surface area contributed by atoms with Gasteiger partial charge >= 0.3 is 6.09 Å². The Morgan fingerprint density at radius 1 is 1.07 bits per heavy atom. The van der Waals surface area contributed by atoms with E-state index in [1.807, 2.05) is 20.8 Å². The number of ether oxygens (including phenoxy) is 1. The molecule has 0 aliphatic carbocycles. The van der Waals surface area contributed by atoms with Gasteiger partial charge in [-0.25, -0.2) is 4.79 Å². The van der Waals surface area contributed by atoms with Crippen LogP contribution in [0.25, 0.3) is 0 Å². The van der Waals surface area contributed by atoms with E-state index in [0.717, 1.165) is 12.1 Å². The second-order valence-electron chi connectivity index (χ2n) is 9.41. The topological polar surface area (TPSA) is 63.1 Å². The average molecular weight is 403 g/mol. The number of likely N-dealkylation sites (tertiary alicyclic amines) is 2. The summed E-state index contributed by atoms with van der Waals surface area (Å²) in [6.45, 7) is 11.0. The molecule has 0 spiro atoms. The van der Waals surface area contributed by atoms with E-state index in [4.69, 9.17) is 4.74 Å². The van der Waals surface area contributed by atoms with Crippen molar-refractivity contribution >= 4 is 12.0 Å². The molecule has 1 aromatic rings. The lowest BCUT2D eigenvalue weighted by Crippen LogP contribution is -3.08. The molecule has 160 valence electrons. The van der Waals surface area contributed by atoms with Gasteiger partial charge in [0.25, 0.3) is 0 Å². The molecule has 0 saturated carbocycles. The smallest absolute Gasteiger partial charge is 0.410 e. The molecular weight excluding hydrogens is 366 g/mol. The standard InChI is InChI=1S/C23H35N3O3/c1-23(2,3)29-22(28)26-14-10-20(11-15-26)21(27)24-16-18-6-8-19(9-7-18)17-25-12-4-5-13-25/h6-9,20H,4-5,10-17H2,1-3H3,(H,24,27)/p+1. The molecule has 0 radical (unpaired) electrons. The second kappa shape index (κ2) is 9.61. The number of nitrogens with zero attached hydrogens (tertiary/aromatic N) is 1. The highest BCUT2D eigenvalue weighted by Gasteiger charge is 2.29. The van der Waals surface area contributed by atoms with Crippen molar-refractivity contribution in [3.05, 3.63) is 35.4 Å². The molecule has 2 heterocycles. The van der Waals surface area contributed by atoms with Crippen LogP contribution in [-0.2, 0) is 22.6 Å². The van der Waals surface area contributed by atoms with Gasteiger partial charge in [0.2, 0.25) is 5.91 Å². The van der Waals surface area contributed by atoms with Crippen LogP contribution < -0.4 is 10.2 Å². The first-order valence-corrected chi connectivity index (χ1v) is 11.0. The van der Waals surface area contributed by atoms with Gasteiger partial charge in [-0.05, 0) is 39.2 Å². The molecule has 2 N–H and O–H groups in total. The van der Waals surface area contributed by atoms with Crippen LogP contribution in [0.4, 0.5) is 4.79 Å². The van der Waals surface area contributed by atoms with Crippen LogP contribution in [-0.4, -0.2) is 48.7 Å². The first kappa shape index (κ1) is 21.6. The minimum atomic E-state index is -0.489. The largest absolute Gasteiger partial charge is 0.444 e. The van der Waals surface area contributed by atoms with Crippen molar-refractivity contribution in [2.75, 3.05) is 26.2 Å². The van der Waals surface area contributed by atoms with Crippen LogP contribution in [0, 0.1) is 5.92 Å². The molecule has 1 aromatic carbocycles. The number of benzene rings is 1. The Morgan fingerprint density at radius 2 is 1.66 bits per heavy atom. The van der Waals surface area contributed by atoms with E-state index in [1.165, 1.54) is 31.5 Å². The summed E-state index contributed by atoms with van der Waals surface area (Å²) in [6.07, 6.45) is 3.77. The summed E-state index contributed by atoms with van der Waals surface area (Å²) in [5, 5.41) is 3.06. The number of hydrogen-bond acceptors (Lipinski definition) is 3. The number of carbonyl (C=O) groups is 2. The molecule has 0 aromatic heterocycles. The summed E-state index contributed by atoms with van der Waals surface area (Å²) in [5.74, 6) is 0.0474. The number of rotatable bonds is 5. The summed E-state index contributed by atoms with van der Waals surface area (Å²) in [5.41, 5.74) is 2.01. The summed E-state index contributed by atoms with van der Waals surface area (Å²) < 4.78 is 5.41. The Morgan fingerprint density at radius 3 is 2.24 bits per heavy atom. The van der Waals surface area contributed by atoms with Crippen molar-refractivity contribution in [2.45, 2.75) is 65.1 Å². The molecule has 0 atom stereocenters. The first-order chi connectivity index (χ1) is 13.8. The van der Waals surface area contributed by atoms with Crippen molar-refractivity contribution in [3.63, 3.8) is 0 Å². The third-order valence-corrected chi connectivity index (χ3v) is 5.77. The van der Waals surface area contributed by atoms with Gasteiger partial charge in [-0.1, -0.05) is 24.3 Å². The van der Waals surface area contributed by atoms with Gasteiger partial charge in [0.05, 0.1) is 13.1 Å². The maximum Gasteiger partial charge on any atom is 0.410 e. The Bertz CT molecular complexity index is 682. The fourth-order valence-corrected chi connectivity index (χ4v) is 4.10. The highest BCUT2D eigenvalue weighted by molar-refractivity contribution is 5.79. The number of hydrogen-bond donors (Lipinski definition) is 2. The van der Waals surface area contributed by atoms with Crippen LogP contribution >= 0.6 is 0 Å². The zero-order chi connectivity index (χ0) is 20.9. The zero-order valence-corrected chi connectivity index (χ0v) is 18.1. The van der Waals surface area contributed by atoms with Crippen molar-refractivity contribution < 1.29 is 19.2 Å². The summed E-state index contributed by atoms with van der Waals surface area (Å²) in [6, 6.07) is 8.62. The predicted molar refractivity (Wildman–Crippen MR) is 112 cm³/mol. The predicted octanol–water partition coefficient (Wildman–Crippen LogP) is 2.13. The monoisotopic (exact) mass is 402 g/mol. The Labute approximate surface area is 174 Å². The molecule has 6 heteroatoms. The van der Waals surface area contributed by atoms with E-state index in [1.54, 1.807) is 9.80 Å². The van der Waals surface area contributed by atoms with Gasteiger partial charge in [0.15, 0.2) is 0 Å². The zero-order valence-electron chi connectivity index (χ0n) is 18.1. The normalized spacial score (nSPS) is 18.7. The van der Waals surface area contributed by atoms with Crippen LogP contribution in [0.5, 0.6) is 0 Å². The third-order valence-electron chi connectivity index (χ3n) is 5.77. The fraction of sp³-hybridized carbons (Fsp3) is 0.652. The number of nitrogens with one attached hydrogen (secondary N) is 2. The number of piperidine rings is 1. The van der Waals surface area contributed by atoms with E-state index in [9.17, 15) is 9.59 Å². The molecule has 29 heavy (non-hydrogen) atoms. The van der Waals surface area contributed by atoms with Gasteiger partial charge in [0.1, 0.15) is 12.1 Å². The second-order valence-corrected chi connectivity index (χ2v) is 9.41. The minimum Gasteiger partial charge on any atom is -0.444 e. The van der Waals surface area contributed by atoms with Gasteiger partial charge in [0, 0.05) is 44.0 Å². The van der Waals surface area contributed by atoms with E-state index >= 15 is 0 Å². The SMILES string of the molecule is CC(C)(C)OC(=O)N1CCC(C(=O)NCc2ccc(C[NH+]3CCCC3)cc2)CC1. The average Bonchev–Trinajstić information content (AvgIpc) is 3.19. The summed E-state index contributed by atoms with van der Waals surface area (Å²) in [7, 11) is 0. The highest BCUT2D eigenvalue weighted by atomic mass is 16.6. The van der Waals surface area contributed by atoms with E-state index < -0.39 is 5.60 Å². The molecular formula is C23H36N3O3+. The van der Waals surface area contributed by atoms with Crippen LogP contribution in [0.15, 0.2) is 24.3 Å². The van der Waals surface area contributed by atoms with Crippen molar-refractivity contribution in [2.24, 2.45) is 5.92 Å². The van der Waals surface area contributed by atoms with Crippen molar-refractivity contribution in [1.82, 2.24) is 10.2 Å². The summed E-state index contributed by atoms with van der Waals surface area (Å²) in [4.78, 5) is 28.0. The molecule has 0 unspecified atom stereocenters. The molecule has 3 rings (SSSR count). The third kappa shape index (κ3) is 6.74. The van der Waals surface area contributed by atoms with Gasteiger partial charge in [-0.2, -0.15) is 0 Å². The molecule has 2 fully saturated rings. The number of amides is 2. The molecule has 2 amide bonds. The van der Waals surface area contributed by atoms with E-state index in [0.29, 0.717) is 32.5 Å². The van der Waals surface area contributed by atoms with Crippen LogP contribution in [0.1, 0.15) is 57.6 Å². The van der Waals surface area contributed by atoms with Crippen LogP contribution in [0.2, 0.25) is 0 Å². The maximum absolute atomic E-state index is 12.5. The number of quaternary nitrogens is 1. The lowest BCUT2D eigenvalue weighted by atomic mass is 9.96. The molecule has 2 aliphatic heterocycles. The highest BCUT2D eigenvalue weighted by Crippen LogP contribution is 2.20. The Hall–Kier alpha value is -2.08. The van der Waals surface area contributed by atoms with Gasteiger partial charge in [-0.15, -0.1) is 0 Å². The molecule has 2 saturated heterocycles. The lowest BCUT2D eigenvalue weighted by Gasteiger charge is -2.32.